The number of fused-ring (bicyclic) bond motifs is 7. The Morgan fingerprint density at radius 2 is 1.18 bits per heavy atom. The van der Waals surface area contributed by atoms with Crippen LogP contribution in [0.3, 0.4) is 0 Å². The first kappa shape index (κ1) is 25.2. The molecule has 0 spiro atoms. The summed E-state index contributed by atoms with van der Waals surface area (Å²) in [6.45, 7) is 0. The number of hydrogen-bond acceptors (Lipinski definition) is 1. The SMILES string of the molecule is C1=CC2c3ccccc3N(c3ccc(C4=CC=C(c5ccccc5)CC4)cc3)C2c2c1c1ccccc1n2-c1ccccc1. The first-order chi connectivity index (χ1) is 21.8. The van der Waals surface area contributed by atoms with E-state index >= 15 is 0 Å². The normalized spacial score (nSPS) is 18.4. The van der Waals surface area contributed by atoms with Crippen molar-refractivity contribution in [2.75, 3.05) is 4.90 Å². The third-order valence-corrected chi connectivity index (χ3v) is 9.70. The second-order valence-corrected chi connectivity index (χ2v) is 12.0. The highest BCUT2D eigenvalue weighted by molar-refractivity contribution is 5.95. The van der Waals surface area contributed by atoms with Crippen molar-refractivity contribution in [1.29, 1.82) is 0 Å². The largest absolute Gasteiger partial charge is 0.331 e. The molecule has 9 rings (SSSR count). The molecule has 1 aromatic heterocycles. The van der Waals surface area contributed by atoms with Gasteiger partial charge in [0.05, 0.1) is 17.3 Å². The standard InChI is InChI=1S/C42H32N2/c1-3-11-29(12-4-1)30-19-21-31(22-20-30)32-23-25-34(26-24-32)44-40-18-10-8-16-36(40)38-28-27-37-35-15-7-9-17-39(35)43(41(37)42(38)44)33-13-5-2-6-14-33/h1-19,21,23-28,38,42H,20,22H2. The predicted molar refractivity (Wildman–Crippen MR) is 184 cm³/mol. The number of anilines is 2. The van der Waals surface area contributed by atoms with E-state index in [0.29, 0.717) is 0 Å². The van der Waals surface area contributed by atoms with Gasteiger partial charge in [-0.15, -0.1) is 0 Å². The van der Waals surface area contributed by atoms with Gasteiger partial charge in [0.1, 0.15) is 0 Å². The van der Waals surface area contributed by atoms with Crippen LogP contribution in [0.2, 0.25) is 0 Å². The van der Waals surface area contributed by atoms with Gasteiger partial charge in [0, 0.05) is 33.9 Å². The van der Waals surface area contributed by atoms with E-state index in [0.717, 1.165) is 12.8 Å². The van der Waals surface area contributed by atoms with Crippen LogP contribution in [-0.4, -0.2) is 4.57 Å². The maximum atomic E-state index is 2.59. The lowest BCUT2D eigenvalue weighted by Gasteiger charge is -2.33. The molecule has 0 radical (unpaired) electrons. The zero-order valence-corrected chi connectivity index (χ0v) is 24.5. The molecule has 0 N–H and O–H groups in total. The van der Waals surface area contributed by atoms with Gasteiger partial charge in [-0.05, 0) is 77.1 Å². The van der Waals surface area contributed by atoms with Crippen LogP contribution in [0.5, 0.6) is 0 Å². The molecule has 6 aromatic rings. The van der Waals surface area contributed by atoms with Crippen molar-refractivity contribution in [2.45, 2.75) is 24.8 Å². The molecule has 2 atom stereocenters. The molecule has 1 aliphatic heterocycles. The highest BCUT2D eigenvalue weighted by Crippen LogP contribution is 2.57. The smallest absolute Gasteiger partial charge is 0.0856 e. The fourth-order valence-electron chi connectivity index (χ4n) is 7.68. The van der Waals surface area contributed by atoms with Crippen molar-refractivity contribution in [3.63, 3.8) is 0 Å². The van der Waals surface area contributed by atoms with Crippen molar-refractivity contribution < 1.29 is 0 Å². The molecule has 2 heterocycles. The van der Waals surface area contributed by atoms with Gasteiger partial charge in [0.25, 0.3) is 0 Å². The first-order valence-electron chi connectivity index (χ1n) is 15.7. The summed E-state index contributed by atoms with van der Waals surface area (Å²) < 4.78 is 2.50. The van der Waals surface area contributed by atoms with Crippen LogP contribution in [0.4, 0.5) is 11.4 Å². The van der Waals surface area contributed by atoms with E-state index in [1.807, 2.05) is 0 Å². The molecular weight excluding hydrogens is 532 g/mol. The van der Waals surface area contributed by atoms with E-state index in [4.69, 9.17) is 0 Å². The maximum Gasteiger partial charge on any atom is 0.0856 e. The van der Waals surface area contributed by atoms with Crippen molar-refractivity contribution >= 4 is 39.5 Å². The summed E-state index contributed by atoms with van der Waals surface area (Å²) in [5.74, 6) is 0.271. The highest BCUT2D eigenvalue weighted by atomic mass is 15.2. The first-order valence-corrected chi connectivity index (χ1v) is 15.7. The second kappa shape index (κ2) is 10.1. The average molecular weight is 565 g/mol. The summed E-state index contributed by atoms with van der Waals surface area (Å²) >= 11 is 0. The predicted octanol–water partition coefficient (Wildman–Crippen LogP) is 10.9. The lowest BCUT2D eigenvalue weighted by Crippen LogP contribution is -2.26. The van der Waals surface area contributed by atoms with Crippen LogP contribution in [0.1, 0.15) is 52.7 Å². The van der Waals surface area contributed by atoms with Crippen molar-refractivity contribution in [3.8, 4) is 5.69 Å². The summed E-state index contributed by atoms with van der Waals surface area (Å²) in [6, 6.07) is 48.9. The Bertz CT molecular complexity index is 2110. The summed E-state index contributed by atoms with van der Waals surface area (Å²) in [6.07, 6.45) is 11.6. The van der Waals surface area contributed by atoms with Crippen LogP contribution in [0, 0.1) is 0 Å². The van der Waals surface area contributed by atoms with Gasteiger partial charge < -0.3 is 9.47 Å². The molecule has 44 heavy (non-hydrogen) atoms. The lowest BCUT2D eigenvalue weighted by molar-refractivity contribution is 0.636. The van der Waals surface area contributed by atoms with E-state index in [1.165, 1.54) is 67.1 Å². The molecule has 0 amide bonds. The van der Waals surface area contributed by atoms with Gasteiger partial charge >= 0.3 is 0 Å². The number of nitrogens with zero attached hydrogens (tertiary/aromatic N) is 2. The lowest BCUT2D eigenvalue weighted by atomic mass is 9.86. The third-order valence-electron chi connectivity index (χ3n) is 9.70. The van der Waals surface area contributed by atoms with E-state index in [9.17, 15) is 0 Å². The number of rotatable bonds is 4. The minimum atomic E-state index is 0.149. The Kier molecular flexibility index (Phi) is 5.80. The fourth-order valence-corrected chi connectivity index (χ4v) is 7.68. The number of benzene rings is 5. The van der Waals surface area contributed by atoms with Gasteiger partial charge in [0.15, 0.2) is 0 Å². The summed E-state index contributed by atoms with van der Waals surface area (Å²) in [4.78, 5) is 2.59. The molecule has 0 saturated heterocycles. The van der Waals surface area contributed by atoms with Crippen LogP contribution in [0.15, 0.2) is 152 Å². The Balaban J connectivity index is 1.16. The molecule has 0 fully saturated rings. The number of hydrogen-bond donors (Lipinski definition) is 0. The van der Waals surface area contributed by atoms with Gasteiger partial charge in [-0.25, -0.2) is 0 Å². The van der Waals surface area contributed by atoms with E-state index in [1.54, 1.807) is 0 Å². The molecule has 2 heteroatoms. The molecule has 0 bridgehead atoms. The topological polar surface area (TPSA) is 8.17 Å². The quantitative estimate of drug-likeness (QED) is 0.207. The number of para-hydroxylation sites is 3. The third kappa shape index (κ3) is 3.88. The van der Waals surface area contributed by atoms with Crippen LogP contribution >= 0.6 is 0 Å². The maximum absolute atomic E-state index is 2.59. The van der Waals surface area contributed by atoms with Crippen molar-refractivity contribution in [2.24, 2.45) is 0 Å². The van der Waals surface area contributed by atoms with Gasteiger partial charge in [0.2, 0.25) is 0 Å². The molecule has 2 nitrogen and oxygen atoms in total. The van der Waals surface area contributed by atoms with E-state index in [2.05, 4.69) is 167 Å². The van der Waals surface area contributed by atoms with Crippen LogP contribution in [-0.2, 0) is 0 Å². The monoisotopic (exact) mass is 564 g/mol. The molecule has 0 saturated carbocycles. The summed E-state index contributed by atoms with van der Waals surface area (Å²) in [5.41, 5.74) is 14.5. The van der Waals surface area contributed by atoms with Crippen molar-refractivity contribution in [3.05, 3.63) is 180 Å². The zero-order chi connectivity index (χ0) is 29.0. The molecule has 2 unspecified atom stereocenters. The second-order valence-electron chi connectivity index (χ2n) is 12.0. The minimum Gasteiger partial charge on any atom is -0.331 e. The Hall–Kier alpha value is -5.34. The van der Waals surface area contributed by atoms with E-state index in [-0.39, 0.29) is 12.0 Å². The van der Waals surface area contributed by atoms with Crippen LogP contribution in [0.25, 0.3) is 33.8 Å². The minimum absolute atomic E-state index is 0.149. The Morgan fingerprint density at radius 1 is 0.545 bits per heavy atom. The molecule has 210 valence electrons. The van der Waals surface area contributed by atoms with Gasteiger partial charge in [-0.2, -0.15) is 0 Å². The van der Waals surface area contributed by atoms with E-state index < -0.39 is 0 Å². The molecule has 2 aliphatic carbocycles. The highest BCUT2D eigenvalue weighted by Gasteiger charge is 2.44. The summed E-state index contributed by atoms with van der Waals surface area (Å²) in [5, 5.41) is 1.31. The zero-order valence-electron chi connectivity index (χ0n) is 24.5. The summed E-state index contributed by atoms with van der Waals surface area (Å²) in [7, 11) is 0. The molecule has 5 aromatic carbocycles. The van der Waals surface area contributed by atoms with Crippen LogP contribution < -0.4 is 4.90 Å². The van der Waals surface area contributed by atoms with Crippen molar-refractivity contribution in [1.82, 2.24) is 4.57 Å². The average Bonchev–Trinajstić information content (AvgIpc) is 3.62. The number of allylic oxidation sites excluding steroid dienone is 4. The number of aromatic nitrogens is 1. The van der Waals surface area contributed by atoms with Gasteiger partial charge in [-0.3, -0.25) is 0 Å². The Labute approximate surface area is 258 Å². The fraction of sp³-hybridized carbons (Fsp3) is 0.0952. The van der Waals surface area contributed by atoms with Gasteiger partial charge in [-0.1, -0.05) is 121 Å². The molecular formula is C42H32N2. The molecule has 3 aliphatic rings. The Morgan fingerprint density at radius 3 is 1.93 bits per heavy atom.